The molecule has 0 aliphatic carbocycles. The van der Waals surface area contributed by atoms with Crippen LogP contribution in [0.3, 0.4) is 0 Å². The second-order valence-corrected chi connectivity index (χ2v) is 3.94. The van der Waals surface area contributed by atoms with Crippen molar-refractivity contribution in [3.05, 3.63) is 53.9 Å². The molecule has 2 N–H and O–H groups in total. The number of nitrogens with zero attached hydrogens (tertiary/aromatic N) is 2. The second kappa shape index (κ2) is 5.81. The summed E-state index contributed by atoms with van der Waals surface area (Å²) in [5, 5.41) is 15.4. The van der Waals surface area contributed by atoms with Crippen LogP contribution in [-0.2, 0) is 17.9 Å². The molecule has 1 amide bonds. The monoisotopic (exact) mass is 259 g/mol. The summed E-state index contributed by atoms with van der Waals surface area (Å²) in [6.07, 6.45) is 1.36. The van der Waals surface area contributed by atoms with E-state index < -0.39 is 5.97 Å². The van der Waals surface area contributed by atoms with Crippen molar-refractivity contribution < 1.29 is 14.7 Å². The molecular formula is C13H13N3O3. The van der Waals surface area contributed by atoms with Crippen LogP contribution in [0.25, 0.3) is 0 Å². The molecular weight excluding hydrogens is 246 g/mol. The summed E-state index contributed by atoms with van der Waals surface area (Å²) < 4.78 is 1.16. The smallest absolute Gasteiger partial charge is 0.354 e. The summed E-state index contributed by atoms with van der Waals surface area (Å²) in [7, 11) is 0. The highest BCUT2D eigenvalue weighted by Gasteiger charge is 2.12. The first-order chi connectivity index (χ1) is 9.16. The van der Waals surface area contributed by atoms with E-state index in [9.17, 15) is 9.59 Å². The van der Waals surface area contributed by atoms with Gasteiger partial charge in [0.1, 0.15) is 12.2 Å². The van der Waals surface area contributed by atoms with Gasteiger partial charge in [0, 0.05) is 12.7 Å². The minimum atomic E-state index is -1.10. The Labute approximate surface area is 109 Å². The number of carboxylic acids is 1. The van der Waals surface area contributed by atoms with E-state index in [-0.39, 0.29) is 18.1 Å². The fourth-order valence-corrected chi connectivity index (χ4v) is 1.63. The van der Waals surface area contributed by atoms with Gasteiger partial charge in [-0.15, -0.1) is 0 Å². The number of aromatic carboxylic acids is 1. The third-order valence-corrected chi connectivity index (χ3v) is 2.56. The van der Waals surface area contributed by atoms with E-state index in [0.717, 1.165) is 10.2 Å². The maximum absolute atomic E-state index is 11.7. The minimum Gasteiger partial charge on any atom is -0.477 e. The zero-order chi connectivity index (χ0) is 13.7. The van der Waals surface area contributed by atoms with Gasteiger partial charge in [0.15, 0.2) is 0 Å². The third-order valence-electron chi connectivity index (χ3n) is 2.56. The average Bonchev–Trinajstić information content (AvgIpc) is 2.86. The quantitative estimate of drug-likeness (QED) is 0.835. The molecule has 1 heterocycles. The van der Waals surface area contributed by atoms with E-state index in [0.29, 0.717) is 6.54 Å². The number of aromatic nitrogens is 2. The number of rotatable bonds is 5. The standard InChI is InChI=1S/C13H13N3O3/c17-12(14-8-10-4-2-1-3-5-10)9-16-11(13(18)19)6-7-15-16/h1-7H,8-9H2,(H,14,17)(H,18,19). The fourth-order valence-electron chi connectivity index (χ4n) is 1.63. The Bertz CT molecular complexity index is 578. The van der Waals surface area contributed by atoms with Crippen molar-refractivity contribution in [1.29, 1.82) is 0 Å². The predicted molar refractivity (Wildman–Crippen MR) is 67.5 cm³/mol. The van der Waals surface area contributed by atoms with Crippen LogP contribution in [0.4, 0.5) is 0 Å². The molecule has 0 aliphatic heterocycles. The molecule has 0 unspecified atom stereocenters. The van der Waals surface area contributed by atoms with Crippen LogP contribution >= 0.6 is 0 Å². The molecule has 6 nitrogen and oxygen atoms in total. The summed E-state index contributed by atoms with van der Waals surface area (Å²) in [5.74, 6) is -1.39. The highest BCUT2D eigenvalue weighted by atomic mass is 16.4. The molecule has 19 heavy (non-hydrogen) atoms. The Hall–Kier alpha value is -2.63. The molecule has 2 rings (SSSR count). The van der Waals surface area contributed by atoms with Gasteiger partial charge < -0.3 is 10.4 Å². The van der Waals surface area contributed by atoms with Gasteiger partial charge in [-0.1, -0.05) is 30.3 Å². The normalized spacial score (nSPS) is 10.1. The summed E-state index contributed by atoms with van der Waals surface area (Å²) in [4.78, 5) is 22.5. The lowest BCUT2D eigenvalue weighted by atomic mass is 10.2. The molecule has 1 aromatic heterocycles. The van der Waals surface area contributed by atoms with Crippen LogP contribution in [0.5, 0.6) is 0 Å². The fraction of sp³-hybridized carbons (Fsp3) is 0.154. The van der Waals surface area contributed by atoms with Crippen LogP contribution < -0.4 is 5.32 Å². The Morgan fingerprint density at radius 2 is 1.95 bits per heavy atom. The number of carbonyl (C=O) groups excluding carboxylic acids is 1. The van der Waals surface area contributed by atoms with E-state index in [1.54, 1.807) is 0 Å². The zero-order valence-electron chi connectivity index (χ0n) is 10.1. The highest BCUT2D eigenvalue weighted by Crippen LogP contribution is 2.00. The molecule has 0 fully saturated rings. The Morgan fingerprint density at radius 3 is 2.63 bits per heavy atom. The van der Waals surface area contributed by atoms with Crippen LogP contribution in [0.2, 0.25) is 0 Å². The van der Waals surface area contributed by atoms with Gasteiger partial charge in [0.05, 0.1) is 0 Å². The Morgan fingerprint density at radius 1 is 1.21 bits per heavy atom. The van der Waals surface area contributed by atoms with Crippen LogP contribution in [0, 0.1) is 0 Å². The SMILES string of the molecule is O=C(Cn1nccc1C(=O)O)NCc1ccccc1. The number of carboxylic acid groups (broad SMARTS) is 1. The predicted octanol–water partition coefficient (Wildman–Crippen LogP) is 0.898. The maximum atomic E-state index is 11.7. The van der Waals surface area contributed by atoms with Crippen molar-refractivity contribution in [3.8, 4) is 0 Å². The van der Waals surface area contributed by atoms with Crippen molar-refractivity contribution >= 4 is 11.9 Å². The maximum Gasteiger partial charge on any atom is 0.354 e. The van der Waals surface area contributed by atoms with E-state index in [2.05, 4.69) is 10.4 Å². The van der Waals surface area contributed by atoms with Gasteiger partial charge in [-0.2, -0.15) is 5.10 Å². The molecule has 0 radical (unpaired) electrons. The van der Waals surface area contributed by atoms with Gasteiger partial charge in [-0.3, -0.25) is 4.79 Å². The Kier molecular flexibility index (Phi) is 3.92. The number of nitrogens with one attached hydrogen (secondary N) is 1. The molecule has 1 aromatic carbocycles. The first-order valence-electron chi connectivity index (χ1n) is 5.72. The molecule has 0 atom stereocenters. The van der Waals surface area contributed by atoms with Crippen molar-refractivity contribution in [2.75, 3.05) is 0 Å². The molecule has 0 bridgehead atoms. The topological polar surface area (TPSA) is 84.2 Å². The summed E-state index contributed by atoms with van der Waals surface area (Å²) >= 11 is 0. The molecule has 0 saturated carbocycles. The first kappa shape index (κ1) is 12.8. The summed E-state index contributed by atoms with van der Waals surface area (Å²) in [6.45, 7) is 0.296. The highest BCUT2D eigenvalue weighted by molar-refractivity contribution is 5.86. The van der Waals surface area contributed by atoms with Gasteiger partial charge in [0.2, 0.25) is 5.91 Å². The molecule has 2 aromatic rings. The molecule has 0 spiro atoms. The lowest BCUT2D eigenvalue weighted by Crippen LogP contribution is -2.28. The van der Waals surface area contributed by atoms with Crippen LogP contribution in [0.15, 0.2) is 42.6 Å². The first-order valence-corrected chi connectivity index (χ1v) is 5.72. The van der Waals surface area contributed by atoms with Gasteiger partial charge in [0.25, 0.3) is 0 Å². The van der Waals surface area contributed by atoms with Crippen molar-refractivity contribution in [2.24, 2.45) is 0 Å². The van der Waals surface area contributed by atoms with Crippen molar-refractivity contribution in [2.45, 2.75) is 13.1 Å². The molecule has 0 aliphatic rings. The van der Waals surface area contributed by atoms with Crippen molar-refractivity contribution in [3.63, 3.8) is 0 Å². The van der Waals surface area contributed by atoms with Crippen molar-refractivity contribution in [1.82, 2.24) is 15.1 Å². The van der Waals surface area contributed by atoms with E-state index in [1.165, 1.54) is 12.3 Å². The lowest BCUT2D eigenvalue weighted by Gasteiger charge is -2.06. The summed E-state index contributed by atoms with van der Waals surface area (Å²) in [6, 6.07) is 10.8. The third kappa shape index (κ3) is 3.41. The van der Waals surface area contributed by atoms with Crippen LogP contribution in [-0.4, -0.2) is 26.8 Å². The van der Waals surface area contributed by atoms with E-state index in [1.807, 2.05) is 30.3 Å². The average molecular weight is 259 g/mol. The second-order valence-electron chi connectivity index (χ2n) is 3.94. The molecule has 6 heteroatoms. The summed E-state index contributed by atoms with van der Waals surface area (Å²) in [5.41, 5.74) is 0.977. The molecule has 0 saturated heterocycles. The van der Waals surface area contributed by atoms with E-state index in [4.69, 9.17) is 5.11 Å². The minimum absolute atomic E-state index is 0.00476. The number of amides is 1. The molecule has 98 valence electrons. The van der Waals surface area contributed by atoms with Gasteiger partial charge >= 0.3 is 5.97 Å². The Balaban J connectivity index is 1.91. The number of benzene rings is 1. The zero-order valence-corrected chi connectivity index (χ0v) is 10.1. The number of hydrogen-bond donors (Lipinski definition) is 2. The van der Waals surface area contributed by atoms with Gasteiger partial charge in [-0.05, 0) is 11.6 Å². The van der Waals surface area contributed by atoms with E-state index >= 15 is 0 Å². The number of hydrogen-bond acceptors (Lipinski definition) is 3. The largest absolute Gasteiger partial charge is 0.477 e. The number of carbonyl (C=O) groups is 2. The lowest BCUT2D eigenvalue weighted by molar-refractivity contribution is -0.122. The van der Waals surface area contributed by atoms with Gasteiger partial charge in [-0.25, -0.2) is 9.48 Å². The van der Waals surface area contributed by atoms with Crippen LogP contribution in [0.1, 0.15) is 16.1 Å².